The third-order valence-electron chi connectivity index (χ3n) is 2.68. The summed E-state index contributed by atoms with van der Waals surface area (Å²) < 4.78 is 0. The van der Waals surface area contributed by atoms with Gasteiger partial charge in [0.2, 0.25) is 5.91 Å². The molecule has 1 aliphatic heterocycles. The van der Waals surface area contributed by atoms with Crippen molar-refractivity contribution in [2.24, 2.45) is 0 Å². The SMILES string of the molecule is CC(=O)CNCc1ccc2c(c1)NC(=O)C(C)S2. The van der Waals surface area contributed by atoms with E-state index in [1.165, 1.54) is 0 Å². The van der Waals surface area contributed by atoms with Gasteiger partial charge in [0.15, 0.2) is 0 Å². The highest BCUT2D eigenvalue weighted by Crippen LogP contribution is 2.35. The summed E-state index contributed by atoms with van der Waals surface area (Å²) in [5.74, 6) is 0.159. The lowest BCUT2D eigenvalue weighted by Gasteiger charge is -2.21. The molecule has 96 valence electrons. The van der Waals surface area contributed by atoms with Gasteiger partial charge in [-0.3, -0.25) is 9.59 Å². The van der Waals surface area contributed by atoms with E-state index in [1.807, 2.05) is 25.1 Å². The molecule has 0 spiro atoms. The molecule has 1 atom stereocenters. The lowest BCUT2D eigenvalue weighted by atomic mass is 10.2. The number of carbonyl (C=O) groups is 2. The fourth-order valence-corrected chi connectivity index (χ4v) is 2.68. The summed E-state index contributed by atoms with van der Waals surface area (Å²) in [7, 11) is 0. The second-order valence-electron chi connectivity index (χ2n) is 4.39. The quantitative estimate of drug-likeness (QED) is 0.870. The molecule has 1 unspecified atom stereocenters. The molecule has 1 amide bonds. The van der Waals surface area contributed by atoms with Crippen LogP contribution in [0.3, 0.4) is 0 Å². The zero-order valence-corrected chi connectivity index (χ0v) is 11.3. The van der Waals surface area contributed by atoms with Crippen molar-refractivity contribution in [2.75, 3.05) is 11.9 Å². The zero-order valence-electron chi connectivity index (χ0n) is 10.4. The van der Waals surface area contributed by atoms with E-state index >= 15 is 0 Å². The third kappa shape index (κ3) is 3.11. The molecule has 0 aliphatic carbocycles. The van der Waals surface area contributed by atoms with Crippen LogP contribution in [0.5, 0.6) is 0 Å². The molecule has 4 nitrogen and oxygen atoms in total. The number of hydrogen-bond acceptors (Lipinski definition) is 4. The molecule has 18 heavy (non-hydrogen) atoms. The number of rotatable bonds is 4. The summed E-state index contributed by atoms with van der Waals surface area (Å²) in [5.41, 5.74) is 1.93. The number of thioether (sulfide) groups is 1. The van der Waals surface area contributed by atoms with Crippen molar-refractivity contribution in [3.8, 4) is 0 Å². The van der Waals surface area contributed by atoms with Gasteiger partial charge in [-0.1, -0.05) is 6.07 Å². The number of fused-ring (bicyclic) bond motifs is 1. The van der Waals surface area contributed by atoms with Crippen molar-refractivity contribution in [2.45, 2.75) is 30.5 Å². The monoisotopic (exact) mass is 264 g/mol. The van der Waals surface area contributed by atoms with Crippen molar-refractivity contribution in [1.82, 2.24) is 5.32 Å². The van der Waals surface area contributed by atoms with Gasteiger partial charge in [0.05, 0.1) is 17.5 Å². The molecule has 1 aromatic carbocycles. The summed E-state index contributed by atoms with van der Waals surface area (Å²) in [4.78, 5) is 23.5. The fourth-order valence-electron chi connectivity index (χ4n) is 1.75. The van der Waals surface area contributed by atoms with Crippen LogP contribution < -0.4 is 10.6 Å². The second-order valence-corrected chi connectivity index (χ2v) is 5.77. The van der Waals surface area contributed by atoms with Crippen molar-refractivity contribution < 1.29 is 9.59 Å². The van der Waals surface area contributed by atoms with Gasteiger partial charge in [-0.2, -0.15) is 0 Å². The molecule has 0 radical (unpaired) electrons. The van der Waals surface area contributed by atoms with Crippen molar-refractivity contribution in [1.29, 1.82) is 0 Å². The molecule has 2 rings (SSSR count). The number of ketones is 1. The Bertz CT molecular complexity index is 488. The van der Waals surface area contributed by atoms with E-state index in [0.29, 0.717) is 13.1 Å². The van der Waals surface area contributed by atoms with Gasteiger partial charge in [-0.25, -0.2) is 0 Å². The average molecular weight is 264 g/mol. The van der Waals surface area contributed by atoms with E-state index < -0.39 is 0 Å². The first kappa shape index (κ1) is 13.1. The molecule has 1 aliphatic rings. The summed E-state index contributed by atoms with van der Waals surface area (Å²) >= 11 is 1.57. The van der Waals surface area contributed by atoms with E-state index in [9.17, 15) is 9.59 Å². The molecule has 1 aromatic rings. The van der Waals surface area contributed by atoms with E-state index in [2.05, 4.69) is 10.6 Å². The molecule has 0 fully saturated rings. The highest BCUT2D eigenvalue weighted by molar-refractivity contribution is 8.00. The van der Waals surface area contributed by atoms with Crippen LogP contribution in [-0.4, -0.2) is 23.5 Å². The molecule has 0 saturated carbocycles. The summed E-state index contributed by atoms with van der Waals surface area (Å²) in [6.45, 7) is 4.45. The van der Waals surface area contributed by atoms with Gasteiger partial charge in [-0.15, -0.1) is 11.8 Å². The van der Waals surface area contributed by atoms with E-state index in [0.717, 1.165) is 16.1 Å². The van der Waals surface area contributed by atoms with Crippen LogP contribution in [-0.2, 0) is 16.1 Å². The number of carbonyl (C=O) groups excluding carboxylic acids is 2. The first-order valence-corrected chi connectivity index (χ1v) is 6.75. The Kier molecular flexibility index (Phi) is 4.04. The Morgan fingerprint density at radius 2 is 2.28 bits per heavy atom. The number of nitrogens with one attached hydrogen (secondary N) is 2. The van der Waals surface area contributed by atoms with Gasteiger partial charge in [0, 0.05) is 11.4 Å². The minimum atomic E-state index is -0.0424. The molecule has 5 heteroatoms. The highest BCUT2D eigenvalue weighted by atomic mass is 32.2. The van der Waals surface area contributed by atoms with Gasteiger partial charge in [0.25, 0.3) is 0 Å². The minimum Gasteiger partial charge on any atom is -0.324 e. The van der Waals surface area contributed by atoms with Crippen LogP contribution in [0.2, 0.25) is 0 Å². The van der Waals surface area contributed by atoms with Gasteiger partial charge in [0.1, 0.15) is 5.78 Å². The molecule has 2 N–H and O–H groups in total. The van der Waals surface area contributed by atoms with Gasteiger partial charge < -0.3 is 10.6 Å². The standard InChI is InChI=1S/C13H16N2O2S/c1-8(16)6-14-7-10-3-4-12-11(5-10)15-13(17)9(2)18-12/h3-5,9,14H,6-7H2,1-2H3,(H,15,17). The van der Waals surface area contributed by atoms with Crippen molar-refractivity contribution in [3.63, 3.8) is 0 Å². The predicted molar refractivity (Wildman–Crippen MR) is 72.8 cm³/mol. The Hall–Kier alpha value is -1.33. The first-order valence-electron chi connectivity index (χ1n) is 5.87. The largest absolute Gasteiger partial charge is 0.324 e. The van der Waals surface area contributed by atoms with Crippen LogP contribution >= 0.6 is 11.8 Å². The van der Waals surface area contributed by atoms with Crippen LogP contribution in [0.25, 0.3) is 0 Å². The van der Waals surface area contributed by atoms with E-state index in [4.69, 9.17) is 0 Å². The normalized spacial score (nSPS) is 18.1. The molecule has 0 aromatic heterocycles. The topological polar surface area (TPSA) is 58.2 Å². The number of anilines is 1. The fraction of sp³-hybridized carbons (Fsp3) is 0.385. The summed E-state index contributed by atoms with van der Waals surface area (Å²) in [6.07, 6.45) is 0. The number of hydrogen-bond donors (Lipinski definition) is 2. The molecular formula is C13H16N2O2S. The highest BCUT2D eigenvalue weighted by Gasteiger charge is 2.22. The maximum atomic E-state index is 11.6. The maximum Gasteiger partial charge on any atom is 0.237 e. The van der Waals surface area contributed by atoms with Gasteiger partial charge in [-0.05, 0) is 31.5 Å². The maximum absolute atomic E-state index is 11.6. The van der Waals surface area contributed by atoms with Crippen LogP contribution in [0.15, 0.2) is 23.1 Å². The Morgan fingerprint density at radius 3 is 3.00 bits per heavy atom. The van der Waals surface area contributed by atoms with Crippen molar-refractivity contribution in [3.05, 3.63) is 23.8 Å². The smallest absolute Gasteiger partial charge is 0.237 e. The molecule has 1 heterocycles. The molecule has 0 bridgehead atoms. The summed E-state index contributed by atoms with van der Waals surface area (Å²) in [5, 5.41) is 5.91. The Balaban J connectivity index is 2.05. The first-order chi connectivity index (χ1) is 8.56. The van der Waals surface area contributed by atoms with E-state index in [-0.39, 0.29) is 16.9 Å². The third-order valence-corrected chi connectivity index (χ3v) is 3.86. The van der Waals surface area contributed by atoms with Crippen LogP contribution in [0.4, 0.5) is 5.69 Å². The zero-order chi connectivity index (χ0) is 13.1. The Labute approximate surface area is 111 Å². The number of amides is 1. The molecule has 0 saturated heterocycles. The van der Waals surface area contributed by atoms with Crippen LogP contribution in [0, 0.1) is 0 Å². The average Bonchev–Trinajstić information content (AvgIpc) is 2.30. The second kappa shape index (κ2) is 5.54. The lowest BCUT2D eigenvalue weighted by Crippen LogP contribution is -2.26. The minimum absolute atomic E-state index is 0.0424. The van der Waals surface area contributed by atoms with Gasteiger partial charge >= 0.3 is 0 Å². The summed E-state index contributed by atoms with van der Waals surface area (Å²) in [6, 6.07) is 5.99. The Morgan fingerprint density at radius 1 is 1.50 bits per heavy atom. The number of benzene rings is 1. The van der Waals surface area contributed by atoms with Crippen LogP contribution in [0.1, 0.15) is 19.4 Å². The van der Waals surface area contributed by atoms with E-state index in [1.54, 1.807) is 18.7 Å². The predicted octanol–water partition coefficient (Wildman–Crippen LogP) is 1.80. The van der Waals surface area contributed by atoms with Crippen molar-refractivity contribution >= 4 is 29.1 Å². The molecular weight excluding hydrogens is 248 g/mol. The number of Topliss-reactive ketones (excluding diaryl/α,β-unsaturated/α-hetero) is 1. The lowest BCUT2D eigenvalue weighted by molar-refractivity contribution is -0.116.